The molecule has 1 atom stereocenters. The summed E-state index contributed by atoms with van der Waals surface area (Å²) < 4.78 is 5.35. The second kappa shape index (κ2) is 14.0. The molecule has 0 spiro atoms. The van der Waals surface area contributed by atoms with Gasteiger partial charge in [-0.05, 0) is 35.7 Å². The third-order valence-electron chi connectivity index (χ3n) is 5.75. The van der Waals surface area contributed by atoms with Gasteiger partial charge in [-0.3, -0.25) is 19.7 Å². The van der Waals surface area contributed by atoms with Crippen molar-refractivity contribution in [3.8, 4) is 5.75 Å². The van der Waals surface area contributed by atoms with Crippen LogP contribution >= 0.6 is 11.8 Å². The van der Waals surface area contributed by atoms with Gasteiger partial charge in [0, 0.05) is 37.4 Å². The van der Waals surface area contributed by atoms with E-state index in [0.717, 1.165) is 16.7 Å². The smallest absolute Gasteiger partial charge is 0.269 e. The molecule has 0 unspecified atom stereocenters. The van der Waals surface area contributed by atoms with E-state index in [1.807, 2.05) is 61.5 Å². The van der Waals surface area contributed by atoms with Crippen LogP contribution in [0.5, 0.6) is 5.75 Å². The number of non-ortho nitro benzene ring substituents is 1. The topological polar surface area (TPSA) is 102 Å². The van der Waals surface area contributed by atoms with Gasteiger partial charge in [-0.15, -0.1) is 11.8 Å². The number of rotatable bonds is 13. The minimum atomic E-state index is -0.693. The third-order valence-corrected chi connectivity index (χ3v) is 6.74. The molecule has 0 saturated heterocycles. The van der Waals surface area contributed by atoms with E-state index < -0.39 is 11.0 Å². The molecule has 8 nitrogen and oxygen atoms in total. The van der Waals surface area contributed by atoms with Gasteiger partial charge in [0.2, 0.25) is 11.8 Å². The second-order valence-electron chi connectivity index (χ2n) is 8.39. The Morgan fingerprint density at radius 3 is 2.35 bits per heavy atom. The minimum Gasteiger partial charge on any atom is -0.497 e. The van der Waals surface area contributed by atoms with Gasteiger partial charge in [0.1, 0.15) is 11.8 Å². The van der Waals surface area contributed by atoms with Crippen molar-refractivity contribution in [3.05, 3.63) is 106 Å². The minimum absolute atomic E-state index is 0.0278. The molecule has 0 fully saturated rings. The average molecular weight is 522 g/mol. The highest BCUT2D eigenvalue weighted by molar-refractivity contribution is 7.99. The Kier molecular flexibility index (Phi) is 10.5. The molecule has 0 aromatic heterocycles. The Morgan fingerprint density at radius 1 is 1.00 bits per heavy atom. The van der Waals surface area contributed by atoms with Gasteiger partial charge < -0.3 is 15.0 Å². The van der Waals surface area contributed by atoms with Crippen LogP contribution in [0.4, 0.5) is 5.69 Å². The van der Waals surface area contributed by atoms with Crippen molar-refractivity contribution in [1.29, 1.82) is 0 Å². The van der Waals surface area contributed by atoms with Crippen molar-refractivity contribution < 1.29 is 19.2 Å². The SMILES string of the molecule is CCNC(=O)[C@@H](Cc1ccccc1)N(Cc1cccc(OC)c1)C(=O)CSCc1ccc([N+](=O)[O-])cc1. The number of nitro groups is 1. The molecule has 0 heterocycles. The third kappa shape index (κ3) is 8.35. The molecular formula is C28H31N3O5S. The molecule has 194 valence electrons. The fourth-order valence-corrected chi connectivity index (χ4v) is 4.74. The molecule has 9 heteroatoms. The first-order chi connectivity index (χ1) is 17.9. The predicted octanol–water partition coefficient (Wildman–Crippen LogP) is 4.61. The second-order valence-corrected chi connectivity index (χ2v) is 9.38. The summed E-state index contributed by atoms with van der Waals surface area (Å²) in [5.41, 5.74) is 2.73. The van der Waals surface area contributed by atoms with Crippen molar-refractivity contribution in [2.24, 2.45) is 0 Å². The van der Waals surface area contributed by atoms with Gasteiger partial charge in [-0.2, -0.15) is 0 Å². The van der Waals surface area contributed by atoms with Crippen molar-refractivity contribution in [3.63, 3.8) is 0 Å². The fourth-order valence-electron chi connectivity index (χ4n) is 3.87. The number of thioether (sulfide) groups is 1. The maximum Gasteiger partial charge on any atom is 0.269 e. The Labute approximate surface area is 221 Å². The lowest BCUT2D eigenvalue weighted by atomic mass is 10.0. The molecule has 0 saturated carbocycles. The van der Waals surface area contributed by atoms with Crippen molar-refractivity contribution in [2.45, 2.75) is 31.7 Å². The Hall–Kier alpha value is -3.85. The van der Waals surface area contributed by atoms with E-state index >= 15 is 0 Å². The zero-order valence-electron chi connectivity index (χ0n) is 21.0. The number of hydrogen-bond donors (Lipinski definition) is 1. The van der Waals surface area contributed by atoms with Crippen LogP contribution in [0.3, 0.4) is 0 Å². The quantitative estimate of drug-likeness (QED) is 0.260. The van der Waals surface area contributed by atoms with Crippen LogP contribution in [0.25, 0.3) is 0 Å². The zero-order chi connectivity index (χ0) is 26.6. The lowest BCUT2D eigenvalue weighted by Gasteiger charge is -2.31. The van der Waals surface area contributed by atoms with Gasteiger partial charge in [0.15, 0.2) is 0 Å². The van der Waals surface area contributed by atoms with Crippen molar-refractivity contribution in [2.75, 3.05) is 19.4 Å². The summed E-state index contributed by atoms with van der Waals surface area (Å²) in [4.78, 5) is 38.9. The standard InChI is InChI=1S/C28H31N3O5S/c1-3-29-28(33)26(17-21-8-5-4-6-9-21)30(18-23-10-7-11-25(16-23)36-2)27(32)20-37-19-22-12-14-24(15-13-22)31(34)35/h4-16,26H,3,17-20H2,1-2H3,(H,29,33)/t26-/m1/s1. The van der Waals surface area contributed by atoms with E-state index in [-0.39, 0.29) is 29.8 Å². The molecule has 3 rings (SSSR count). The van der Waals surface area contributed by atoms with Crippen molar-refractivity contribution >= 4 is 29.3 Å². The number of nitro benzene ring substituents is 1. The van der Waals surface area contributed by atoms with Gasteiger partial charge >= 0.3 is 0 Å². The first-order valence-electron chi connectivity index (χ1n) is 12.0. The van der Waals surface area contributed by atoms with Crippen LogP contribution in [0, 0.1) is 10.1 Å². The molecule has 0 aliphatic rings. The summed E-state index contributed by atoms with van der Waals surface area (Å²) >= 11 is 1.41. The first kappa shape index (κ1) is 27.7. The summed E-state index contributed by atoms with van der Waals surface area (Å²) in [5.74, 6) is 0.979. The van der Waals surface area contributed by atoms with E-state index in [9.17, 15) is 19.7 Å². The molecule has 0 aliphatic heterocycles. The zero-order valence-corrected chi connectivity index (χ0v) is 21.8. The number of hydrogen-bond acceptors (Lipinski definition) is 6. The highest BCUT2D eigenvalue weighted by atomic mass is 32.2. The van der Waals surface area contributed by atoms with E-state index in [4.69, 9.17) is 4.74 Å². The van der Waals surface area contributed by atoms with E-state index in [2.05, 4.69) is 5.32 Å². The van der Waals surface area contributed by atoms with E-state index in [1.165, 1.54) is 23.9 Å². The Balaban J connectivity index is 1.81. The summed E-state index contributed by atoms with van der Waals surface area (Å²) in [6.07, 6.45) is 0.384. The first-order valence-corrected chi connectivity index (χ1v) is 13.1. The highest BCUT2D eigenvalue weighted by Gasteiger charge is 2.30. The fraction of sp³-hybridized carbons (Fsp3) is 0.286. The van der Waals surface area contributed by atoms with Gasteiger partial charge in [0.05, 0.1) is 17.8 Å². The normalized spacial score (nSPS) is 11.4. The lowest BCUT2D eigenvalue weighted by Crippen LogP contribution is -2.51. The van der Waals surface area contributed by atoms with Crippen LogP contribution in [-0.4, -0.2) is 47.1 Å². The number of nitrogens with one attached hydrogen (secondary N) is 1. The monoisotopic (exact) mass is 521 g/mol. The molecule has 0 aliphatic carbocycles. The molecule has 0 radical (unpaired) electrons. The lowest BCUT2D eigenvalue weighted by molar-refractivity contribution is -0.384. The van der Waals surface area contributed by atoms with Crippen LogP contribution < -0.4 is 10.1 Å². The Morgan fingerprint density at radius 2 is 1.70 bits per heavy atom. The molecule has 1 N–H and O–H groups in total. The van der Waals surface area contributed by atoms with Gasteiger partial charge in [-0.25, -0.2) is 0 Å². The number of carbonyl (C=O) groups excluding carboxylic acids is 2. The van der Waals surface area contributed by atoms with E-state index in [1.54, 1.807) is 24.1 Å². The summed E-state index contributed by atoms with van der Waals surface area (Å²) in [6.45, 7) is 2.56. The van der Waals surface area contributed by atoms with Crippen LogP contribution in [0.1, 0.15) is 23.6 Å². The van der Waals surface area contributed by atoms with Crippen LogP contribution in [0.2, 0.25) is 0 Å². The number of ether oxygens (including phenoxy) is 1. The molecule has 37 heavy (non-hydrogen) atoms. The van der Waals surface area contributed by atoms with Crippen molar-refractivity contribution in [1.82, 2.24) is 10.2 Å². The van der Waals surface area contributed by atoms with Gasteiger partial charge in [0.25, 0.3) is 5.69 Å². The van der Waals surface area contributed by atoms with Crippen LogP contribution in [-0.2, 0) is 28.3 Å². The van der Waals surface area contributed by atoms with Gasteiger partial charge in [-0.1, -0.05) is 54.6 Å². The number of amides is 2. The highest BCUT2D eigenvalue weighted by Crippen LogP contribution is 2.21. The number of likely N-dealkylation sites (N-methyl/N-ethyl adjacent to an activating group) is 1. The number of benzene rings is 3. The summed E-state index contributed by atoms with van der Waals surface area (Å²) in [6, 6.07) is 22.7. The Bertz CT molecular complexity index is 1190. The molecule has 0 bridgehead atoms. The van der Waals surface area contributed by atoms with E-state index in [0.29, 0.717) is 24.5 Å². The molecule has 2 amide bonds. The number of methoxy groups -OCH3 is 1. The maximum absolute atomic E-state index is 13.6. The number of nitrogens with zero attached hydrogens (tertiary/aromatic N) is 2. The summed E-state index contributed by atoms with van der Waals surface area (Å²) in [5, 5.41) is 13.8. The van der Waals surface area contributed by atoms with Crippen LogP contribution in [0.15, 0.2) is 78.9 Å². The number of carbonyl (C=O) groups is 2. The molecular weight excluding hydrogens is 490 g/mol. The predicted molar refractivity (Wildman–Crippen MR) is 145 cm³/mol. The maximum atomic E-state index is 13.6. The average Bonchev–Trinajstić information content (AvgIpc) is 2.91. The summed E-state index contributed by atoms with van der Waals surface area (Å²) in [7, 11) is 1.59. The largest absolute Gasteiger partial charge is 0.497 e. The molecule has 3 aromatic carbocycles. The molecule has 3 aromatic rings.